The summed E-state index contributed by atoms with van der Waals surface area (Å²) < 4.78 is 2.03. The Balaban J connectivity index is 2.28. The number of nitrogens with zero attached hydrogens (tertiary/aromatic N) is 2. The normalized spacial score (nSPS) is 10.8. The smallest absolute Gasteiger partial charge is 0.137 e. The standard InChI is InChI=1S/C10H13N3/c1-2-11-7-9-8-13-6-4-3-5-10(13)12-9/h3-6,8,11H,2,7H2,1H3. The van der Waals surface area contributed by atoms with Crippen LogP contribution in [0.1, 0.15) is 12.6 Å². The molecule has 0 aliphatic carbocycles. The van der Waals surface area contributed by atoms with Crippen LogP contribution in [0.3, 0.4) is 0 Å². The van der Waals surface area contributed by atoms with Crippen LogP contribution in [0.25, 0.3) is 5.65 Å². The molecule has 68 valence electrons. The first kappa shape index (κ1) is 8.26. The quantitative estimate of drug-likeness (QED) is 0.765. The number of nitrogens with one attached hydrogen (secondary N) is 1. The summed E-state index contributed by atoms with van der Waals surface area (Å²) in [7, 11) is 0. The first-order valence-electron chi connectivity index (χ1n) is 4.53. The molecule has 0 atom stereocenters. The summed E-state index contributed by atoms with van der Waals surface area (Å²) in [6.45, 7) is 3.92. The van der Waals surface area contributed by atoms with Gasteiger partial charge >= 0.3 is 0 Å². The topological polar surface area (TPSA) is 29.3 Å². The highest BCUT2D eigenvalue weighted by Gasteiger charge is 1.98. The molecule has 2 aromatic heterocycles. The van der Waals surface area contributed by atoms with E-state index in [1.54, 1.807) is 0 Å². The lowest BCUT2D eigenvalue weighted by Crippen LogP contribution is -2.11. The number of pyridine rings is 1. The molecule has 0 amide bonds. The number of fused-ring (bicyclic) bond motifs is 1. The summed E-state index contributed by atoms with van der Waals surface area (Å²) >= 11 is 0. The number of hydrogen-bond acceptors (Lipinski definition) is 2. The fourth-order valence-electron chi connectivity index (χ4n) is 1.33. The van der Waals surface area contributed by atoms with Gasteiger partial charge in [0.15, 0.2) is 0 Å². The fourth-order valence-corrected chi connectivity index (χ4v) is 1.33. The van der Waals surface area contributed by atoms with Crippen LogP contribution in [0.5, 0.6) is 0 Å². The van der Waals surface area contributed by atoms with E-state index in [9.17, 15) is 0 Å². The van der Waals surface area contributed by atoms with Crippen molar-refractivity contribution < 1.29 is 0 Å². The Morgan fingerprint density at radius 2 is 2.38 bits per heavy atom. The third kappa shape index (κ3) is 1.70. The van der Waals surface area contributed by atoms with Crippen LogP contribution in [0.15, 0.2) is 30.6 Å². The lowest BCUT2D eigenvalue weighted by molar-refractivity contribution is 0.714. The van der Waals surface area contributed by atoms with Crippen molar-refractivity contribution >= 4 is 5.65 Å². The Hall–Kier alpha value is -1.35. The van der Waals surface area contributed by atoms with Crippen LogP contribution in [0, 0.1) is 0 Å². The van der Waals surface area contributed by atoms with Crippen LogP contribution in [0.2, 0.25) is 0 Å². The molecule has 0 bridgehead atoms. The lowest BCUT2D eigenvalue weighted by Gasteiger charge is -1.94. The molecule has 3 nitrogen and oxygen atoms in total. The molecule has 0 aliphatic heterocycles. The second kappa shape index (κ2) is 3.58. The molecule has 0 aliphatic rings. The van der Waals surface area contributed by atoms with Crippen molar-refractivity contribution in [1.82, 2.24) is 14.7 Å². The van der Waals surface area contributed by atoms with Gasteiger partial charge in [-0.05, 0) is 18.7 Å². The van der Waals surface area contributed by atoms with Crippen molar-refractivity contribution in [3.8, 4) is 0 Å². The van der Waals surface area contributed by atoms with E-state index in [4.69, 9.17) is 0 Å². The van der Waals surface area contributed by atoms with Crippen molar-refractivity contribution in [3.63, 3.8) is 0 Å². The maximum absolute atomic E-state index is 4.45. The Morgan fingerprint density at radius 1 is 1.46 bits per heavy atom. The van der Waals surface area contributed by atoms with E-state index in [-0.39, 0.29) is 0 Å². The van der Waals surface area contributed by atoms with Crippen LogP contribution in [-0.4, -0.2) is 15.9 Å². The third-order valence-electron chi connectivity index (χ3n) is 1.97. The van der Waals surface area contributed by atoms with Crippen molar-refractivity contribution in [2.75, 3.05) is 6.54 Å². The first-order chi connectivity index (χ1) is 6.40. The Morgan fingerprint density at radius 3 is 3.15 bits per heavy atom. The van der Waals surface area contributed by atoms with Gasteiger partial charge in [-0.3, -0.25) is 0 Å². The van der Waals surface area contributed by atoms with Crippen LogP contribution in [-0.2, 0) is 6.54 Å². The van der Waals surface area contributed by atoms with Crippen LogP contribution < -0.4 is 5.32 Å². The zero-order valence-electron chi connectivity index (χ0n) is 7.70. The second-order valence-corrected chi connectivity index (χ2v) is 2.98. The summed E-state index contributed by atoms with van der Waals surface area (Å²) in [6.07, 6.45) is 4.07. The molecule has 0 unspecified atom stereocenters. The fraction of sp³-hybridized carbons (Fsp3) is 0.300. The van der Waals surface area contributed by atoms with Gasteiger partial charge < -0.3 is 9.72 Å². The molecule has 0 aromatic carbocycles. The van der Waals surface area contributed by atoms with Gasteiger partial charge in [-0.15, -0.1) is 0 Å². The SMILES string of the molecule is CCNCc1cn2ccccc2n1. The number of rotatable bonds is 3. The molecule has 2 rings (SSSR count). The summed E-state index contributed by atoms with van der Waals surface area (Å²) in [4.78, 5) is 4.45. The van der Waals surface area contributed by atoms with Gasteiger partial charge in [0.25, 0.3) is 0 Å². The molecule has 0 fully saturated rings. The molecule has 13 heavy (non-hydrogen) atoms. The average Bonchev–Trinajstić information content (AvgIpc) is 2.57. The summed E-state index contributed by atoms with van der Waals surface area (Å²) in [5.41, 5.74) is 2.10. The zero-order chi connectivity index (χ0) is 9.10. The summed E-state index contributed by atoms with van der Waals surface area (Å²) in [5.74, 6) is 0. The molecule has 1 N–H and O–H groups in total. The first-order valence-corrected chi connectivity index (χ1v) is 4.53. The Labute approximate surface area is 77.4 Å². The van der Waals surface area contributed by atoms with Crippen LogP contribution in [0.4, 0.5) is 0 Å². The van der Waals surface area contributed by atoms with E-state index in [0.29, 0.717) is 0 Å². The van der Waals surface area contributed by atoms with Gasteiger partial charge in [-0.1, -0.05) is 13.0 Å². The molecule has 2 heterocycles. The highest BCUT2D eigenvalue weighted by atomic mass is 15.0. The van der Waals surface area contributed by atoms with Gasteiger partial charge in [0.2, 0.25) is 0 Å². The number of aromatic nitrogens is 2. The van der Waals surface area contributed by atoms with Crippen molar-refractivity contribution in [2.24, 2.45) is 0 Å². The second-order valence-electron chi connectivity index (χ2n) is 2.98. The highest BCUT2D eigenvalue weighted by Crippen LogP contribution is 2.03. The predicted molar refractivity (Wildman–Crippen MR) is 52.6 cm³/mol. The van der Waals surface area contributed by atoms with E-state index in [2.05, 4.69) is 23.4 Å². The van der Waals surface area contributed by atoms with Gasteiger partial charge in [0, 0.05) is 18.9 Å². The summed E-state index contributed by atoms with van der Waals surface area (Å²) in [6, 6.07) is 6.01. The van der Waals surface area contributed by atoms with E-state index < -0.39 is 0 Å². The minimum atomic E-state index is 0.845. The van der Waals surface area contributed by atoms with Gasteiger partial charge in [0.1, 0.15) is 5.65 Å². The third-order valence-corrected chi connectivity index (χ3v) is 1.97. The molecule has 3 heteroatoms. The number of hydrogen-bond donors (Lipinski definition) is 1. The van der Waals surface area contributed by atoms with E-state index >= 15 is 0 Å². The molecular weight excluding hydrogens is 162 g/mol. The molecule has 0 saturated carbocycles. The largest absolute Gasteiger partial charge is 0.311 e. The van der Waals surface area contributed by atoms with Gasteiger partial charge in [-0.25, -0.2) is 4.98 Å². The zero-order valence-corrected chi connectivity index (χ0v) is 7.70. The van der Waals surface area contributed by atoms with E-state index in [1.165, 1.54) is 0 Å². The summed E-state index contributed by atoms with van der Waals surface area (Å²) in [5, 5.41) is 3.25. The monoisotopic (exact) mass is 175 g/mol. The van der Waals surface area contributed by atoms with E-state index in [1.807, 2.05) is 28.8 Å². The molecule has 0 saturated heterocycles. The molecular formula is C10H13N3. The number of imidazole rings is 1. The molecule has 0 radical (unpaired) electrons. The van der Waals surface area contributed by atoms with Gasteiger partial charge in [-0.2, -0.15) is 0 Å². The predicted octanol–water partition coefficient (Wildman–Crippen LogP) is 1.44. The van der Waals surface area contributed by atoms with Crippen LogP contribution >= 0.6 is 0 Å². The maximum Gasteiger partial charge on any atom is 0.137 e. The van der Waals surface area contributed by atoms with Crippen molar-refractivity contribution in [2.45, 2.75) is 13.5 Å². The van der Waals surface area contributed by atoms with E-state index in [0.717, 1.165) is 24.4 Å². The van der Waals surface area contributed by atoms with Crippen molar-refractivity contribution in [1.29, 1.82) is 0 Å². The Kier molecular flexibility index (Phi) is 2.27. The average molecular weight is 175 g/mol. The minimum absolute atomic E-state index is 0.845. The Bertz CT molecular complexity index is 359. The molecule has 2 aromatic rings. The lowest BCUT2D eigenvalue weighted by atomic mass is 10.5. The van der Waals surface area contributed by atoms with Crippen molar-refractivity contribution in [3.05, 3.63) is 36.3 Å². The minimum Gasteiger partial charge on any atom is -0.311 e. The maximum atomic E-state index is 4.45. The highest BCUT2D eigenvalue weighted by molar-refractivity contribution is 5.39. The van der Waals surface area contributed by atoms with Gasteiger partial charge in [0.05, 0.1) is 5.69 Å². The molecule has 0 spiro atoms.